The zero-order valence-corrected chi connectivity index (χ0v) is 15.1. The third kappa shape index (κ3) is 6.29. The first kappa shape index (κ1) is 18.7. The van der Waals surface area contributed by atoms with Crippen molar-refractivity contribution in [3.63, 3.8) is 0 Å². The molecule has 0 aliphatic heterocycles. The van der Waals surface area contributed by atoms with E-state index in [0.29, 0.717) is 12.1 Å². The predicted octanol–water partition coefficient (Wildman–Crippen LogP) is 4.38. The summed E-state index contributed by atoms with van der Waals surface area (Å²) in [4.78, 5) is 24.2. The van der Waals surface area contributed by atoms with Crippen LogP contribution in [0.15, 0.2) is 66.7 Å². The highest BCUT2D eigenvalue weighted by atomic mass is 16.6. The molecule has 2 N–H and O–H groups in total. The number of nitrogens with one attached hydrogen (secondary N) is 2. The van der Waals surface area contributed by atoms with Crippen LogP contribution in [0, 0.1) is 0 Å². The molecule has 0 radical (unpaired) electrons. The van der Waals surface area contributed by atoms with Crippen LogP contribution in [0.25, 0.3) is 6.08 Å². The first-order valence-corrected chi connectivity index (χ1v) is 9.25. The van der Waals surface area contributed by atoms with Gasteiger partial charge in [0.15, 0.2) is 0 Å². The van der Waals surface area contributed by atoms with Crippen LogP contribution in [0.5, 0.6) is 0 Å². The van der Waals surface area contributed by atoms with Crippen LogP contribution in [0.2, 0.25) is 0 Å². The molecule has 2 aromatic rings. The summed E-state index contributed by atoms with van der Waals surface area (Å²) in [6.45, 7) is 0. The zero-order valence-electron chi connectivity index (χ0n) is 15.1. The summed E-state index contributed by atoms with van der Waals surface area (Å²) in [6, 6.07) is 18.9. The van der Waals surface area contributed by atoms with Crippen molar-refractivity contribution in [3.8, 4) is 0 Å². The molecule has 0 aromatic heterocycles. The molecule has 0 spiro atoms. The number of ether oxygens (including phenoxy) is 1. The molecule has 1 aliphatic carbocycles. The summed E-state index contributed by atoms with van der Waals surface area (Å²) in [7, 11) is 0. The maximum Gasteiger partial charge on any atom is 0.411 e. The van der Waals surface area contributed by atoms with Gasteiger partial charge in [0.25, 0.3) is 0 Å². The average Bonchev–Trinajstić information content (AvgIpc) is 2.68. The largest absolute Gasteiger partial charge is 0.446 e. The Hall–Kier alpha value is -3.08. The fraction of sp³-hybridized carbons (Fsp3) is 0.273. The van der Waals surface area contributed by atoms with E-state index in [9.17, 15) is 9.59 Å². The lowest BCUT2D eigenvalue weighted by Gasteiger charge is -2.29. The van der Waals surface area contributed by atoms with E-state index >= 15 is 0 Å². The van der Waals surface area contributed by atoms with Crippen molar-refractivity contribution < 1.29 is 14.3 Å². The molecule has 0 heterocycles. The van der Waals surface area contributed by atoms with Crippen molar-refractivity contribution in [2.75, 3.05) is 5.32 Å². The molecule has 27 heavy (non-hydrogen) atoms. The summed E-state index contributed by atoms with van der Waals surface area (Å²) in [6.07, 6.45) is 5.94. The number of anilines is 1. The summed E-state index contributed by atoms with van der Waals surface area (Å²) in [5, 5.41) is 5.73. The summed E-state index contributed by atoms with van der Waals surface area (Å²) < 4.78 is 5.52. The van der Waals surface area contributed by atoms with Gasteiger partial charge in [-0.3, -0.25) is 10.1 Å². The second kappa shape index (κ2) is 9.57. The molecule has 0 bridgehead atoms. The van der Waals surface area contributed by atoms with E-state index in [0.717, 1.165) is 24.8 Å². The Bertz CT molecular complexity index is 775. The Kier molecular flexibility index (Phi) is 6.63. The number of hydrogen-bond acceptors (Lipinski definition) is 3. The molecule has 2 amide bonds. The molecular formula is C22H24N2O3. The lowest BCUT2D eigenvalue weighted by molar-refractivity contribution is -0.117. The fourth-order valence-corrected chi connectivity index (χ4v) is 3.19. The molecule has 140 valence electrons. The Morgan fingerprint density at radius 2 is 1.67 bits per heavy atom. The highest BCUT2D eigenvalue weighted by Gasteiger charge is 2.25. The predicted molar refractivity (Wildman–Crippen MR) is 106 cm³/mol. The van der Waals surface area contributed by atoms with E-state index in [-0.39, 0.29) is 18.1 Å². The van der Waals surface area contributed by atoms with Gasteiger partial charge in [-0.1, -0.05) is 48.5 Å². The van der Waals surface area contributed by atoms with E-state index in [2.05, 4.69) is 10.6 Å². The summed E-state index contributed by atoms with van der Waals surface area (Å²) in [5.41, 5.74) is 1.68. The number of para-hydroxylation sites is 1. The first-order valence-electron chi connectivity index (χ1n) is 9.25. The number of benzene rings is 2. The van der Waals surface area contributed by atoms with Gasteiger partial charge in [0.1, 0.15) is 6.10 Å². The van der Waals surface area contributed by atoms with Crippen LogP contribution in [-0.4, -0.2) is 24.1 Å². The molecule has 1 aliphatic rings. The van der Waals surface area contributed by atoms with Crippen molar-refractivity contribution in [2.45, 2.75) is 37.8 Å². The van der Waals surface area contributed by atoms with E-state index in [1.165, 1.54) is 0 Å². The normalized spacial score (nSPS) is 19.4. The highest BCUT2D eigenvalue weighted by Crippen LogP contribution is 2.22. The number of carbonyl (C=O) groups excluding carboxylic acids is 2. The Balaban J connectivity index is 1.45. The molecule has 0 saturated heterocycles. The molecular weight excluding hydrogens is 340 g/mol. The van der Waals surface area contributed by atoms with E-state index in [4.69, 9.17) is 4.74 Å². The van der Waals surface area contributed by atoms with Crippen LogP contribution >= 0.6 is 0 Å². The Labute approximate surface area is 159 Å². The molecule has 1 fully saturated rings. The second-order valence-electron chi connectivity index (χ2n) is 6.63. The monoisotopic (exact) mass is 364 g/mol. The number of hydrogen-bond donors (Lipinski definition) is 2. The highest BCUT2D eigenvalue weighted by molar-refractivity contribution is 5.91. The van der Waals surface area contributed by atoms with E-state index in [1.54, 1.807) is 12.2 Å². The van der Waals surface area contributed by atoms with Crippen molar-refractivity contribution in [3.05, 3.63) is 72.3 Å². The number of carbonyl (C=O) groups is 2. The van der Waals surface area contributed by atoms with Gasteiger partial charge in [0.2, 0.25) is 5.91 Å². The quantitative estimate of drug-likeness (QED) is 0.774. The second-order valence-corrected chi connectivity index (χ2v) is 6.63. The minimum Gasteiger partial charge on any atom is -0.446 e. The van der Waals surface area contributed by atoms with Crippen LogP contribution in [0.3, 0.4) is 0 Å². The topological polar surface area (TPSA) is 67.4 Å². The van der Waals surface area contributed by atoms with Gasteiger partial charge in [0, 0.05) is 24.2 Å². The molecule has 5 heteroatoms. The van der Waals surface area contributed by atoms with Gasteiger partial charge in [0.05, 0.1) is 0 Å². The number of amides is 2. The van der Waals surface area contributed by atoms with Gasteiger partial charge in [-0.2, -0.15) is 0 Å². The first-order chi connectivity index (χ1) is 13.2. The van der Waals surface area contributed by atoms with Gasteiger partial charge in [-0.25, -0.2) is 4.79 Å². The molecule has 3 rings (SSSR count). The lowest BCUT2D eigenvalue weighted by atomic mass is 9.93. The fourth-order valence-electron chi connectivity index (χ4n) is 3.19. The molecule has 2 unspecified atom stereocenters. The minimum atomic E-state index is -0.456. The minimum absolute atomic E-state index is 0.0150. The van der Waals surface area contributed by atoms with Crippen LogP contribution in [0.4, 0.5) is 10.5 Å². The van der Waals surface area contributed by atoms with Crippen LogP contribution in [0.1, 0.15) is 31.2 Å². The van der Waals surface area contributed by atoms with Gasteiger partial charge >= 0.3 is 6.09 Å². The molecule has 5 nitrogen and oxygen atoms in total. The number of rotatable bonds is 5. The summed E-state index contributed by atoms with van der Waals surface area (Å²) in [5.74, 6) is -0.127. The third-order valence-electron chi connectivity index (χ3n) is 4.49. The van der Waals surface area contributed by atoms with Gasteiger partial charge < -0.3 is 10.1 Å². The smallest absolute Gasteiger partial charge is 0.411 e. The SMILES string of the molecule is O=C(C=Cc1ccccc1)NC1CCCC(OC(=O)Nc2ccccc2)C1. The van der Waals surface area contributed by atoms with Crippen LogP contribution < -0.4 is 10.6 Å². The van der Waals surface area contributed by atoms with Gasteiger partial charge in [-0.05, 0) is 43.0 Å². The third-order valence-corrected chi connectivity index (χ3v) is 4.49. The average molecular weight is 364 g/mol. The van der Waals surface area contributed by atoms with Gasteiger partial charge in [-0.15, -0.1) is 0 Å². The van der Waals surface area contributed by atoms with Crippen LogP contribution in [-0.2, 0) is 9.53 Å². The molecule has 2 aromatic carbocycles. The Morgan fingerprint density at radius 1 is 0.963 bits per heavy atom. The zero-order chi connectivity index (χ0) is 18.9. The van der Waals surface area contributed by atoms with Crippen molar-refractivity contribution in [1.29, 1.82) is 0 Å². The standard InChI is InChI=1S/C22H24N2O3/c25-21(15-14-17-8-3-1-4-9-17)23-19-12-7-13-20(16-19)27-22(26)24-18-10-5-2-6-11-18/h1-6,8-11,14-15,19-20H,7,12-13,16H2,(H,23,25)(H,24,26). The summed E-state index contributed by atoms with van der Waals surface area (Å²) >= 11 is 0. The van der Waals surface area contributed by atoms with E-state index < -0.39 is 6.09 Å². The van der Waals surface area contributed by atoms with Crippen molar-refractivity contribution >= 4 is 23.8 Å². The lowest BCUT2D eigenvalue weighted by Crippen LogP contribution is -2.40. The van der Waals surface area contributed by atoms with Crippen molar-refractivity contribution in [1.82, 2.24) is 5.32 Å². The maximum atomic E-state index is 12.1. The molecule has 1 saturated carbocycles. The maximum absolute atomic E-state index is 12.1. The van der Waals surface area contributed by atoms with E-state index in [1.807, 2.05) is 60.7 Å². The Morgan fingerprint density at radius 3 is 2.41 bits per heavy atom. The molecule has 2 atom stereocenters. The van der Waals surface area contributed by atoms with Crippen molar-refractivity contribution in [2.24, 2.45) is 0 Å².